The van der Waals surface area contributed by atoms with E-state index in [2.05, 4.69) is 22.4 Å². The van der Waals surface area contributed by atoms with Gasteiger partial charge in [0.15, 0.2) is 0 Å². The Hall–Kier alpha value is -1.56. The molecule has 1 N–H and O–H groups in total. The van der Waals surface area contributed by atoms with Gasteiger partial charge in [0.1, 0.15) is 11.5 Å². The fourth-order valence-electron chi connectivity index (χ4n) is 3.04. The van der Waals surface area contributed by atoms with E-state index in [9.17, 15) is 5.11 Å². The molecule has 0 bridgehead atoms. The Morgan fingerprint density at radius 1 is 1.23 bits per heavy atom. The molecule has 0 amide bonds. The number of nitrogens with zero attached hydrogens (tertiary/aromatic N) is 1. The fraction of sp³-hybridized carbons (Fsp3) is 0.412. The molecule has 1 aromatic carbocycles. The number of aliphatic hydroxyl groups excluding tert-OH is 1. The highest BCUT2D eigenvalue weighted by Gasteiger charge is 2.29. The van der Waals surface area contributed by atoms with Gasteiger partial charge >= 0.3 is 0 Å². The number of benzene rings is 1. The highest BCUT2D eigenvalue weighted by atomic mass is 32.1. The Kier molecular flexibility index (Phi) is 4.66. The van der Waals surface area contributed by atoms with Crippen molar-refractivity contribution in [3.05, 3.63) is 45.6 Å². The summed E-state index contributed by atoms with van der Waals surface area (Å²) in [6.45, 7) is 2.33. The minimum atomic E-state index is -0.544. The standard InChI is InChI=1S/C17H21NO3S/c1-20-15-5-6-16(21-2)17-13(15)10-18(11-14(17)19)8-7-12-4-3-9-22-12/h3-6,9,14,19H,7-8,10-11H2,1-2H3. The highest BCUT2D eigenvalue weighted by molar-refractivity contribution is 7.09. The van der Waals surface area contributed by atoms with Crippen LogP contribution in [0.1, 0.15) is 22.1 Å². The summed E-state index contributed by atoms with van der Waals surface area (Å²) in [5.74, 6) is 1.55. The SMILES string of the molecule is COc1ccc(OC)c2c1CN(CCc1cccs1)CC2O. The van der Waals surface area contributed by atoms with Crippen LogP contribution in [0.4, 0.5) is 0 Å². The van der Waals surface area contributed by atoms with Crippen LogP contribution in [0.25, 0.3) is 0 Å². The normalized spacial score (nSPS) is 18.0. The average Bonchev–Trinajstić information content (AvgIpc) is 3.05. The van der Waals surface area contributed by atoms with Gasteiger partial charge in [0.05, 0.1) is 20.3 Å². The number of aliphatic hydroxyl groups is 1. The maximum Gasteiger partial charge on any atom is 0.125 e. The van der Waals surface area contributed by atoms with Crippen LogP contribution in [0.5, 0.6) is 11.5 Å². The molecule has 118 valence electrons. The lowest BCUT2D eigenvalue weighted by molar-refractivity contribution is 0.0892. The van der Waals surface area contributed by atoms with E-state index < -0.39 is 6.10 Å². The summed E-state index contributed by atoms with van der Waals surface area (Å²) < 4.78 is 10.9. The fourth-order valence-corrected chi connectivity index (χ4v) is 3.74. The quantitative estimate of drug-likeness (QED) is 0.920. The van der Waals surface area contributed by atoms with Crippen LogP contribution in [0.2, 0.25) is 0 Å². The van der Waals surface area contributed by atoms with Gasteiger partial charge in [-0.05, 0) is 30.0 Å². The van der Waals surface area contributed by atoms with E-state index in [0.29, 0.717) is 6.54 Å². The summed E-state index contributed by atoms with van der Waals surface area (Å²) in [5, 5.41) is 12.6. The topological polar surface area (TPSA) is 41.9 Å². The number of hydrogen-bond acceptors (Lipinski definition) is 5. The summed E-state index contributed by atoms with van der Waals surface area (Å²) in [4.78, 5) is 3.65. The first-order valence-electron chi connectivity index (χ1n) is 7.39. The molecular formula is C17H21NO3S. The second-order valence-electron chi connectivity index (χ2n) is 5.44. The van der Waals surface area contributed by atoms with Crippen molar-refractivity contribution in [2.75, 3.05) is 27.3 Å². The molecule has 2 aromatic rings. The maximum atomic E-state index is 10.5. The van der Waals surface area contributed by atoms with Gasteiger partial charge in [0.25, 0.3) is 0 Å². The number of ether oxygens (including phenoxy) is 2. The molecule has 0 spiro atoms. The lowest BCUT2D eigenvalue weighted by Crippen LogP contribution is -2.35. The first-order valence-corrected chi connectivity index (χ1v) is 8.27. The summed E-state index contributed by atoms with van der Waals surface area (Å²) >= 11 is 1.78. The Labute approximate surface area is 134 Å². The molecule has 0 saturated carbocycles. The van der Waals surface area contributed by atoms with Crippen molar-refractivity contribution in [3.8, 4) is 11.5 Å². The van der Waals surface area contributed by atoms with Gasteiger partial charge in [0, 0.05) is 35.6 Å². The predicted octanol–water partition coefficient (Wildman–Crippen LogP) is 2.86. The molecule has 1 atom stereocenters. The maximum absolute atomic E-state index is 10.5. The van der Waals surface area contributed by atoms with Crippen molar-refractivity contribution in [2.24, 2.45) is 0 Å². The second kappa shape index (κ2) is 6.69. The summed E-state index contributed by atoms with van der Waals surface area (Å²) in [5.41, 5.74) is 1.90. The van der Waals surface area contributed by atoms with Crippen molar-refractivity contribution in [2.45, 2.75) is 19.1 Å². The first kappa shape index (κ1) is 15.3. The zero-order valence-corrected chi connectivity index (χ0v) is 13.7. The third-order valence-corrected chi connectivity index (χ3v) is 5.05. The minimum Gasteiger partial charge on any atom is -0.496 e. The zero-order valence-electron chi connectivity index (χ0n) is 12.9. The van der Waals surface area contributed by atoms with E-state index in [1.165, 1.54) is 4.88 Å². The van der Waals surface area contributed by atoms with Gasteiger partial charge in [-0.25, -0.2) is 0 Å². The molecule has 1 aromatic heterocycles. The van der Waals surface area contributed by atoms with Crippen molar-refractivity contribution >= 4 is 11.3 Å². The molecule has 3 rings (SSSR count). The van der Waals surface area contributed by atoms with E-state index in [-0.39, 0.29) is 0 Å². The molecule has 22 heavy (non-hydrogen) atoms. The van der Waals surface area contributed by atoms with E-state index in [1.807, 2.05) is 12.1 Å². The van der Waals surface area contributed by atoms with Gasteiger partial charge in [-0.15, -0.1) is 11.3 Å². The van der Waals surface area contributed by atoms with Gasteiger partial charge in [-0.2, -0.15) is 0 Å². The van der Waals surface area contributed by atoms with Crippen molar-refractivity contribution in [1.29, 1.82) is 0 Å². The summed E-state index contributed by atoms with van der Waals surface area (Å²) in [6.07, 6.45) is 0.462. The van der Waals surface area contributed by atoms with Crippen LogP contribution in [0.3, 0.4) is 0 Å². The Morgan fingerprint density at radius 2 is 2.00 bits per heavy atom. The number of fused-ring (bicyclic) bond motifs is 1. The van der Waals surface area contributed by atoms with Gasteiger partial charge in [0.2, 0.25) is 0 Å². The third kappa shape index (κ3) is 2.97. The smallest absolute Gasteiger partial charge is 0.125 e. The Bertz CT molecular complexity index is 627. The third-order valence-electron chi connectivity index (χ3n) is 4.11. The monoisotopic (exact) mass is 319 g/mol. The van der Waals surface area contributed by atoms with Crippen LogP contribution in [0.15, 0.2) is 29.6 Å². The number of methoxy groups -OCH3 is 2. The van der Waals surface area contributed by atoms with E-state index >= 15 is 0 Å². The van der Waals surface area contributed by atoms with E-state index in [4.69, 9.17) is 9.47 Å². The molecule has 1 unspecified atom stereocenters. The molecule has 0 radical (unpaired) electrons. The second-order valence-corrected chi connectivity index (χ2v) is 6.47. The predicted molar refractivity (Wildman–Crippen MR) is 87.8 cm³/mol. The number of β-amino-alcohol motifs (C(OH)–C–C–N with tert-alkyl or cyclic N) is 1. The van der Waals surface area contributed by atoms with Crippen molar-refractivity contribution in [1.82, 2.24) is 4.90 Å². The summed E-state index contributed by atoms with van der Waals surface area (Å²) in [7, 11) is 3.30. The molecule has 0 aliphatic carbocycles. The minimum absolute atomic E-state index is 0.544. The highest BCUT2D eigenvalue weighted by Crippen LogP contribution is 2.39. The van der Waals surface area contributed by atoms with Crippen LogP contribution in [-0.2, 0) is 13.0 Å². The van der Waals surface area contributed by atoms with E-state index in [1.54, 1.807) is 25.6 Å². The van der Waals surface area contributed by atoms with Crippen molar-refractivity contribution in [3.63, 3.8) is 0 Å². The Morgan fingerprint density at radius 3 is 2.68 bits per heavy atom. The van der Waals surface area contributed by atoms with Crippen LogP contribution in [-0.4, -0.2) is 37.3 Å². The molecule has 0 fully saturated rings. The van der Waals surface area contributed by atoms with Crippen LogP contribution >= 0.6 is 11.3 Å². The van der Waals surface area contributed by atoms with Gasteiger partial charge < -0.3 is 14.6 Å². The van der Waals surface area contributed by atoms with Crippen LogP contribution < -0.4 is 9.47 Å². The van der Waals surface area contributed by atoms with Crippen molar-refractivity contribution < 1.29 is 14.6 Å². The lowest BCUT2D eigenvalue weighted by Gasteiger charge is -2.33. The molecule has 1 aliphatic rings. The van der Waals surface area contributed by atoms with Gasteiger partial charge in [-0.3, -0.25) is 4.90 Å². The molecule has 1 aliphatic heterocycles. The molecule has 0 saturated heterocycles. The van der Waals surface area contributed by atoms with Gasteiger partial charge in [-0.1, -0.05) is 6.07 Å². The largest absolute Gasteiger partial charge is 0.496 e. The van der Waals surface area contributed by atoms with E-state index in [0.717, 1.165) is 42.1 Å². The average molecular weight is 319 g/mol. The number of hydrogen-bond donors (Lipinski definition) is 1. The summed E-state index contributed by atoms with van der Waals surface area (Å²) in [6, 6.07) is 8.01. The van der Waals surface area contributed by atoms with Crippen LogP contribution in [0, 0.1) is 0 Å². The molecule has 5 heteroatoms. The number of thiophene rings is 1. The molecule has 4 nitrogen and oxygen atoms in total. The molecule has 2 heterocycles. The molecular weight excluding hydrogens is 298 g/mol. The zero-order chi connectivity index (χ0) is 15.5. The first-order chi connectivity index (χ1) is 10.7. The lowest BCUT2D eigenvalue weighted by atomic mass is 9.95. The Balaban J connectivity index is 1.81. The number of rotatable bonds is 5.